The molecule has 1 N–H and O–H groups in total. The average molecular weight is 250 g/mol. The average Bonchev–Trinajstić information content (AvgIpc) is 2.77. The topological polar surface area (TPSA) is 32.3 Å². The fraction of sp³-hybridized carbons (Fsp3) is 0.800. The zero-order chi connectivity index (χ0) is 12.8. The first-order valence-corrected chi connectivity index (χ1v) is 7.43. The maximum absolute atomic E-state index is 11.7. The summed E-state index contributed by atoms with van der Waals surface area (Å²) in [4.78, 5) is 13.7. The Bertz CT molecular complexity index is 284. The largest absolute Gasteiger partial charge is 0.342 e. The molecule has 0 aromatic carbocycles. The van der Waals surface area contributed by atoms with Gasteiger partial charge in [0.2, 0.25) is 5.91 Å². The minimum atomic E-state index is 0.303. The maximum atomic E-state index is 11.7. The zero-order valence-electron chi connectivity index (χ0n) is 11.4. The van der Waals surface area contributed by atoms with E-state index in [0.29, 0.717) is 18.2 Å². The molecule has 3 heteroatoms. The first kappa shape index (κ1) is 13.6. The van der Waals surface area contributed by atoms with Gasteiger partial charge in [-0.15, -0.1) is 6.58 Å². The molecule has 0 bridgehead atoms. The summed E-state index contributed by atoms with van der Waals surface area (Å²) in [5.41, 5.74) is 0. The second kappa shape index (κ2) is 6.93. The van der Waals surface area contributed by atoms with Gasteiger partial charge in [0.05, 0.1) is 0 Å². The van der Waals surface area contributed by atoms with Gasteiger partial charge >= 0.3 is 0 Å². The van der Waals surface area contributed by atoms with Crippen LogP contribution in [0.3, 0.4) is 0 Å². The van der Waals surface area contributed by atoms with Gasteiger partial charge in [-0.3, -0.25) is 4.79 Å². The van der Waals surface area contributed by atoms with Gasteiger partial charge in [-0.25, -0.2) is 0 Å². The van der Waals surface area contributed by atoms with Crippen molar-refractivity contribution < 1.29 is 4.79 Å². The highest BCUT2D eigenvalue weighted by atomic mass is 16.2. The van der Waals surface area contributed by atoms with Gasteiger partial charge in [0.15, 0.2) is 0 Å². The van der Waals surface area contributed by atoms with Crippen molar-refractivity contribution in [2.45, 2.75) is 51.0 Å². The van der Waals surface area contributed by atoms with Gasteiger partial charge < -0.3 is 10.2 Å². The van der Waals surface area contributed by atoms with Crippen LogP contribution in [-0.2, 0) is 4.79 Å². The molecule has 18 heavy (non-hydrogen) atoms. The van der Waals surface area contributed by atoms with Crippen molar-refractivity contribution in [3.63, 3.8) is 0 Å². The Morgan fingerprint density at radius 1 is 1.33 bits per heavy atom. The molecule has 0 spiro atoms. The second-order valence-electron chi connectivity index (χ2n) is 5.68. The molecule has 1 atom stereocenters. The van der Waals surface area contributed by atoms with Crippen LogP contribution in [0.25, 0.3) is 0 Å². The van der Waals surface area contributed by atoms with Gasteiger partial charge in [0, 0.05) is 31.5 Å². The summed E-state index contributed by atoms with van der Waals surface area (Å²) in [5.74, 6) is 0.682. The molecule has 1 aliphatic carbocycles. The van der Waals surface area contributed by atoms with E-state index in [1.807, 2.05) is 11.0 Å². The van der Waals surface area contributed by atoms with Crippen LogP contribution < -0.4 is 5.32 Å². The van der Waals surface area contributed by atoms with Gasteiger partial charge in [-0.2, -0.15) is 0 Å². The molecule has 102 valence electrons. The quantitative estimate of drug-likeness (QED) is 0.579. The molecule has 1 aliphatic heterocycles. The van der Waals surface area contributed by atoms with Gasteiger partial charge in [-0.1, -0.05) is 25.3 Å². The van der Waals surface area contributed by atoms with E-state index < -0.39 is 0 Å². The minimum Gasteiger partial charge on any atom is -0.342 e. The van der Waals surface area contributed by atoms with Crippen LogP contribution in [0.5, 0.6) is 0 Å². The number of hydrogen-bond acceptors (Lipinski definition) is 2. The van der Waals surface area contributed by atoms with Crippen molar-refractivity contribution in [1.29, 1.82) is 0 Å². The molecule has 0 radical (unpaired) electrons. The number of carbonyl (C=O) groups is 1. The standard InChI is InChI=1S/C15H26N2O/c1-2-13-11-15(18)17(12-13)10-6-9-16-14-7-4-3-5-8-14/h2,13-14,16H,1,3-12H2. The van der Waals surface area contributed by atoms with Gasteiger partial charge in [0.1, 0.15) is 0 Å². The molecular weight excluding hydrogens is 224 g/mol. The third-order valence-corrected chi connectivity index (χ3v) is 4.22. The summed E-state index contributed by atoms with van der Waals surface area (Å²) >= 11 is 0. The number of likely N-dealkylation sites (tertiary alicyclic amines) is 1. The number of nitrogens with zero attached hydrogens (tertiary/aromatic N) is 1. The van der Waals surface area contributed by atoms with Crippen LogP contribution in [-0.4, -0.2) is 36.5 Å². The second-order valence-corrected chi connectivity index (χ2v) is 5.68. The summed E-state index contributed by atoms with van der Waals surface area (Å²) in [6, 6.07) is 0.731. The Labute approximate surface area is 111 Å². The Morgan fingerprint density at radius 2 is 2.11 bits per heavy atom. The number of nitrogens with one attached hydrogen (secondary N) is 1. The molecule has 0 aromatic heterocycles. The predicted molar refractivity (Wildman–Crippen MR) is 74.4 cm³/mol. The van der Waals surface area contributed by atoms with E-state index >= 15 is 0 Å². The van der Waals surface area contributed by atoms with Crippen molar-refractivity contribution in [1.82, 2.24) is 10.2 Å². The number of rotatable bonds is 6. The molecule has 2 aliphatic rings. The van der Waals surface area contributed by atoms with Crippen LogP contribution in [0.2, 0.25) is 0 Å². The SMILES string of the molecule is C=CC1CC(=O)N(CCCNC2CCCCC2)C1. The van der Waals surface area contributed by atoms with Gasteiger partial charge in [0.25, 0.3) is 0 Å². The summed E-state index contributed by atoms with van der Waals surface area (Å²) in [5, 5.41) is 3.63. The van der Waals surface area contributed by atoms with E-state index in [0.717, 1.165) is 32.1 Å². The Morgan fingerprint density at radius 3 is 2.78 bits per heavy atom. The summed E-state index contributed by atoms with van der Waals surface area (Å²) < 4.78 is 0. The van der Waals surface area contributed by atoms with Crippen molar-refractivity contribution >= 4 is 5.91 Å². The first-order valence-electron chi connectivity index (χ1n) is 7.43. The van der Waals surface area contributed by atoms with Crippen LogP contribution in [0.1, 0.15) is 44.9 Å². The fourth-order valence-electron chi connectivity index (χ4n) is 3.06. The number of hydrogen-bond donors (Lipinski definition) is 1. The number of carbonyl (C=O) groups excluding carboxylic acids is 1. The predicted octanol–water partition coefficient (Wildman–Crippen LogP) is 2.33. The lowest BCUT2D eigenvalue weighted by Crippen LogP contribution is -2.34. The Hall–Kier alpha value is -0.830. The van der Waals surface area contributed by atoms with E-state index in [1.165, 1.54) is 32.1 Å². The Kier molecular flexibility index (Phi) is 5.24. The van der Waals surface area contributed by atoms with Crippen molar-refractivity contribution in [3.8, 4) is 0 Å². The van der Waals surface area contributed by atoms with Crippen LogP contribution in [0, 0.1) is 5.92 Å². The molecule has 3 nitrogen and oxygen atoms in total. The van der Waals surface area contributed by atoms with Crippen LogP contribution >= 0.6 is 0 Å². The van der Waals surface area contributed by atoms with Crippen LogP contribution in [0.15, 0.2) is 12.7 Å². The third kappa shape index (κ3) is 3.84. The normalized spacial score (nSPS) is 25.7. The highest BCUT2D eigenvalue weighted by Crippen LogP contribution is 2.19. The zero-order valence-corrected chi connectivity index (χ0v) is 11.4. The van der Waals surface area contributed by atoms with Crippen molar-refractivity contribution in [3.05, 3.63) is 12.7 Å². The van der Waals surface area contributed by atoms with Crippen molar-refractivity contribution in [2.75, 3.05) is 19.6 Å². The summed E-state index contributed by atoms with van der Waals surface area (Å²) in [6.07, 6.45) is 10.5. The van der Waals surface area contributed by atoms with E-state index in [4.69, 9.17) is 0 Å². The molecule has 1 saturated heterocycles. The third-order valence-electron chi connectivity index (χ3n) is 4.22. The van der Waals surface area contributed by atoms with E-state index in [-0.39, 0.29) is 0 Å². The highest BCUT2D eigenvalue weighted by molar-refractivity contribution is 5.78. The van der Waals surface area contributed by atoms with Gasteiger partial charge in [-0.05, 0) is 25.8 Å². The molecule has 1 amide bonds. The molecule has 0 aromatic rings. The van der Waals surface area contributed by atoms with E-state index in [1.54, 1.807) is 0 Å². The lowest BCUT2D eigenvalue weighted by molar-refractivity contribution is -0.127. The molecule has 1 unspecified atom stereocenters. The molecule has 2 rings (SSSR count). The lowest BCUT2D eigenvalue weighted by atomic mass is 9.95. The summed E-state index contributed by atoms with van der Waals surface area (Å²) in [6.45, 7) is 6.61. The first-order chi connectivity index (χ1) is 8.79. The smallest absolute Gasteiger partial charge is 0.223 e. The number of amides is 1. The Balaban J connectivity index is 1.57. The highest BCUT2D eigenvalue weighted by Gasteiger charge is 2.26. The lowest BCUT2D eigenvalue weighted by Gasteiger charge is -2.23. The van der Waals surface area contributed by atoms with E-state index in [9.17, 15) is 4.79 Å². The fourth-order valence-corrected chi connectivity index (χ4v) is 3.06. The molecular formula is C15H26N2O. The monoisotopic (exact) mass is 250 g/mol. The maximum Gasteiger partial charge on any atom is 0.223 e. The molecule has 1 saturated carbocycles. The van der Waals surface area contributed by atoms with Crippen molar-refractivity contribution in [2.24, 2.45) is 5.92 Å². The molecule has 1 heterocycles. The molecule has 2 fully saturated rings. The summed E-state index contributed by atoms with van der Waals surface area (Å²) in [7, 11) is 0. The van der Waals surface area contributed by atoms with E-state index in [2.05, 4.69) is 11.9 Å². The van der Waals surface area contributed by atoms with Crippen LogP contribution in [0.4, 0.5) is 0 Å². The minimum absolute atomic E-state index is 0.303.